The van der Waals surface area contributed by atoms with Crippen LogP contribution in [0, 0.1) is 0 Å². The van der Waals surface area contributed by atoms with Crippen LogP contribution in [0.4, 0.5) is 0 Å². The lowest BCUT2D eigenvalue weighted by molar-refractivity contribution is -0.141. The summed E-state index contributed by atoms with van der Waals surface area (Å²) < 4.78 is 1.84. The molecule has 1 amide bonds. The molecule has 0 bridgehead atoms. The van der Waals surface area contributed by atoms with Gasteiger partial charge in [0.15, 0.2) is 5.69 Å². The van der Waals surface area contributed by atoms with Crippen molar-refractivity contribution in [1.82, 2.24) is 14.7 Å². The van der Waals surface area contributed by atoms with Crippen molar-refractivity contribution in [3.8, 4) is 5.69 Å². The van der Waals surface area contributed by atoms with Crippen LogP contribution in [0.15, 0.2) is 24.3 Å². The van der Waals surface area contributed by atoms with E-state index in [2.05, 4.69) is 5.10 Å². The van der Waals surface area contributed by atoms with Gasteiger partial charge >= 0.3 is 5.97 Å². The van der Waals surface area contributed by atoms with Crippen molar-refractivity contribution in [2.75, 3.05) is 6.54 Å². The van der Waals surface area contributed by atoms with Crippen LogP contribution in [0.1, 0.15) is 53.8 Å². The van der Waals surface area contributed by atoms with Gasteiger partial charge in [-0.25, -0.2) is 9.48 Å². The highest BCUT2D eigenvalue weighted by Gasteiger charge is 2.37. The molecule has 27 heavy (non-hydrogen) atoms. The summed E-state index contributed by atoms with van der Waals surface area (Å²) in [5.74, 6) is -1.20. The van der Waals surface area contributed by atoms with Crippen LogP contribution in [0.3, 0.4) is 0 Å². The molecule has 0 saturated carbocycles. The molecule has 0 spiro atoms. The second-order valence-corrected chi connectivity index (χ2v) is 7.65. The van der Waals surface area contributed by atoms with Crippen LogP contribution in [-0.2, 0) is 17.6 Å². The third-order valence-electron chi connectivity index (χ3n) is 5.50. The first-order valence-corrected chi connectivity index (χ1v) is 9.84. The Hall–Kier alpha value is -2.34. The molecule has 1 fully saturated rings. The quantitative estimate of drug-likeness (QED) is 0.818. The summed E-state index contributed by atoms with van der Waals surface area (Å²) in [7, 11) is 0. The third-order valence-corrected chi connectivity index (χ3v) is 5.75. The number of rotatable bonds is 3. The minimum Gasteiger partial charge on any atom is -0.480 e. The number of aromatic nitrogens is 2. The zero-order valence-electron chi connectivity index (χ0n) is 15.0. The minimum atomic E-state index is -0.941. The lowest BCUT2D eigenvalue weighted by Crippen LogP contribution is -2.41. The van der Waals surface area contributed by atoms with E-state index in [-0.39, 0.29) is 5.91 Å². The maximum atomic E-state index is 13.2. The summed E-state index contributed by atoms with van der Waals surface area (Å²) in [6.07, 6.45) is 6.06. The zero-order valence-corrected chi connectivity index (χ0v) is 15.8. The number of fused-ring (bicyclic) bond motifs is 1. The SMILES string of the molecule is O=C(O)C1CCCN1C(=O)c1nn(-c2ccc(Cl)cc2)c2c1CCCCC2. The molecule has 4 rings (SSSR count). The van der Waals surface area contributed by atoms with Crippen LogP contribution < -0.4 is 0 Å². The minimum absolute atomic E-state index is 0.259. The van der Waals surface area contributed by atoms with Gasteiger partial charge in [-0.15, -0.1) is 0 Å². The number of carboxylic acids is 1. The molecule has 2 aliphatic rings. The molecule has 1 aromatic heterocycles. The monoisotopic (exact) mass is 387 g/mol. The van der Waals surface area contributed by atoms with Gasteiger partial charge in [-0.05, 0) is 62.8 Å². The Labute approximate surface area is 162 Å². The van der Waals surface area contributed by atoms with Gasteiger partial charge in [-0.3, -0.25) is 4.79 Å². The van der Waals surface area contributed by atoms with E-state index < -0.39 is 12.0 Å². The van der Waals surface area contributed by atoms with Gasteiger partial charge in [-0.1, -0.05) is 18.0 Å². The summed E-state index contributed by atoms with van der Waals surface area (Å²) in [4.78, 5) is 26.2. The Morgan fingerprint density at radius 1 is 1.07 bits per heavy atom. The average molecular weight is 388 g/mol. The molecule has 1 saturated heterocycles. The summed E-state index contributed by atoms with van der Waals surface area (Å²) in [5, 5.41) is 14.7. The Morgan fingerprint density at radius 3 is 2.56 bits per heavy atom. The van der Waals surface area contributed by atoms with E-state index in [9.17, 15) is 14.7 Å². The lowest BCUT2D eigenvalue weighted by atomic mass is 10.1. The van der Waals surface area contributed by atoms with E-state index in [1.807, 2.05) is 28.9 Å². The lowest BCUT2D eigenvalue weighted by Gasteiger charge is -2.20. The van der Waals surface area contributed by atoms with Crippen molar-refractivity contribution in [2.24, 2.45) is 0 Å². The van der Waals surface area contributed by atoms with Gasteiger partial charge in [0.2, 0.25) is 0 Å². The predicted molar refractivity (Wildman–Crippen MR) is 102 cm³/mol. The fourth-order valence-electron chi connectivity index (χ4n) is 4.15. The maximum absolute atomic E-state index is 13.2. The van der Waals surface area contributed by atoms with Crippen molar-refractivity contribution in [3.63, 3.8) is 0 Å². The largest absolute Gasteiger partial charge is 0.480 e. The summed E-state index contributed by atoms with van der Waals surface area (Å²) in [5.41, 5.74) is 3.32. The molecule has 7 heteroatoms. The molecule has 1 aromatic carbocycles. The van der Waals surface area contributed by atoms with E-state index in [0.717, 1.165) is 49.0 Å². The van der Waals surface area contributed by atoms with Crippen LogP contribution in [0.5, 0.6) is 0 Å². The number of carbonyl (C=O) groups excluding carboxylic acids is 1. The molecule has 0 radical (unpaired) electrons. The molecule has 1 aliphatic heterocycles. The number of nitrogens with zero attached hydrogens (tertiary/aromatic N) is 3. The first kappa shape index (κ1) is 18.0. The highest BCUT2D eigenvalue weighted by atomic mass is 35.5. The fourth-order valence-corrected chi connectivity index (χ4v) is 4.27. The van der Waals surface area contributed by atoms with Gasteiger partial charge in [0, 0.05) is 22.8 Å². The molecule has 2 heterocycles. The second-order valence-electron chi connectivity index (χ2n) is 7.22. The Balaban J connectivity index is 1.77. The van der Waals surface area contributed by atoms with Crippen molar-refractivity contribution in [2.45, 2.75) is 51.0 Å². The van der Waals surface area contributed by atoms with Gasteiger partial charge in [0.05, 0.1) is 5.69 Å². The van der Waals surface area contributed by atoms with Gasteiger partial charge < -0.3 is 10.0 Å². The Morgan fingerprint density at radius 2 is 1.81 bits per heavy atom. The number of aliphatic carboxylic acids is 1. The predicted octanol–water partition coefficient (Wildman–Crippen LogP) is 3.48. The molecule has 6 nitrogen and oxygen atoms in total. The molecular formula is C20H22ClN3O3. The van der Waals surface area contributed by atoms with Crippen molar-refractivity contribution in [1.29, 1.82) is 0 Å². The number of carboxylic acid groups (broad SMARTS) is 1. The van der Waals surface area contributed by atoms with E-state index in [0.29, 0.717) is 30.1 Å². The molecular weight excluding hydrogens is 366 g/mol. The number of likely N-dealkylation sites (tertiary alicyclic amines) is 1. The smallest absolute Gasteiger partial charge is 0.326 e. The van der Waals surface area contributed by atoms with E-state index >= 15 is 0 Å². The van der Waals surface area contributed by atoms with Gasteiger partial charge in [0.25, 0.3) is 5.91 Å². The number of benzene rings is 1. The molecule has 142 valence electrons. The summed E-state index contributed by atoms with van der Waals surface area (Å²) in [6.45, 7) is 0.471. The van der Waals surface area contributed by atoms with E-state index in [1.54, 1.807) is 0 Å². The molecule has 1 N–H and O–H groups in total. The normalized spacial score (nSPS) is 19.6. The first-order valence-electron chi connectivity index (χ1n) is 9.47. The number of halogens is 1. The topological polar surface area (TPSA) is 75.4 Å². The summed E-state index contributed by atoms with van der Waals surface area (Å²) in [6, 6.07) is 6.66. The van der Waals surface area contributed by atoms with Crippen LogP contribution in [-0.4, -0.2) is 44.3 Å². The number of hydrogen-bond donors (Lipinski definition) is 1. The maximum Gasteiger partial charge on any atom is 0.326 e. The zero-order chi connectivity index (χ0) is 19.0. The Bertz CT molecular complexity index is 875. The highest BCUT2D eigenvalue weighted by Crippen LogP contribution is 2.29. The van der Waals surface area contributed by atoms with Crippen molar-refractivity contribution >= 4 is 23.5 Å². The molecule has 1 unspecified atom stereocenters. The van der Waals surface area contributed by atoms with Crippen LogP contribution in [0.25, 0.3) is 5.69 Å². The first-order chi connectivity index (χ1) is 13.1. The number of hydrogen-bond acceptors (Lipinski definition) is 3. The van der Waals surface area contributed by atoms with Crippen molar-refractivity contribution in [3.05, 3.63) is 46.2 Å². The second kappa shape index (κ2) is 7.35. The summed E-state index contributed by atoms with van der Waals surface area (Å²) >= 11 is 6.01. The molecule has 2 aromatic rings. The fraction of sp³-hybridized carbons (Fsp3) is 0.450. The van der Waals surface area contributed by atoms with Crippen molar-refractivity contribution < 1.29 is 14.7 Å². The highest BCUT2D eigenvalue weighted by molar-refractivity contribution is 6.30. The van der Waals surface area contributed by atoms with E-state index in [4.69, 9.17) is 11.6 Å². The standard InChI is InChI=1S/C20H22ClN3O3/c21-13-8-10-14(11-9-13)24-16-6-3-1-2-5-15(16)18(22-24)19(25)23-12-4-7-17(23)20(26)27/h8-11,17H,1-7,12H2,(H,26,27). The van der Waals surface area contributed by atoms with E-state index in [1.165, 1.54) is 4.90 Å². The molecule has 1 atom stereocenters. The van der Waals surface area contributed by atoms with Crippen LogP contribution >= 0.6 is 11.6 Å². The third kappa shape index (κ3) is 3.34. The molecule has 1 aliphatic carbocycles. The van der Waals surface area contributed by atoms with Gasteiger partial charge in [0.1, 0.15) is 6.04 Å². The average Bonchev–Trinajstić information content (AvgIpc) is 3.21. The van der Waals surface area contributed by atoms with Gasteiger partial charge in [-0.2, -0.15) is 5.10 Å². The number of amides is 1. The Kier molecular flexibility index (Phi) is 4.91. The number of carbonyl (C=O) groups is 2. The van der Waals surface area contributed by atoms with Crippen LogP contribution in [0.2, 0.25) is 5.02 Å².